The molecule has 2 nitrogen and oxygen atoms in total. The Morgan fingerprint density at radius 2 is 2.00 bits per heavy atom. The lowest BCUT2D eigenvalue weighted by Crippen LogP contribution is -2.32. The molecule has 1 aromatic rings. The maximum absolute atomic E-state index is 12.0. The first kappa shape index (κ1) is 15.4. The summed E-state index contributed by atoms with van der Waals surface area (Å²) in [5, 5.41) is 3.42. The van der Waals surface area contributed by atoms with Gasteiger partial charge in [-0.3, -0.25) is 4.79 Å². The molecule has 0 spiro atoms. The van der Waals surface area contributed by atoms with Crippen molar-refractivity contribution in [1.82, 2.24) is 5.32 Å². The molecule has 0 bridgehead atoms. The highest BCUT2D eigenvalue weighted by Crippen LogP contribution is 2.19. The van der Waals surface area contributed by atoms with Gasteiger partial charge in [0.05, 0.1) is 10.6 Å². The maximum Gasteiger partial charge on any atom is 0.253 e. The van der Waals surface area contributed by atoms with Crippen LogP contribution >= 0.6 is 24.2 Å². The largest absolute Gasteiger partial charge is 0.350 e. The van der Waals surface area contributed by atoms with E-state index in [2.05, 4.69) is 31.8 Å². The van der Waals surface area contributed by atoms with Crippen molar-refractivity contribution in [3.8, 4) is 0 Å². The van der Waals surface area contributed by atoms with E-state index >= 15 is 0 Å². The van der Waals surface area contributed by atoms with E-state index in [1.807, 2.05) is 6.92 Å². The van der Waals surface area contributed by atoms with Gasteiger partial charge in [-0.25, -0.2) is 0 Å². The third-order valence-electron chi connectivity index (χ3n) is 2.75. The molecule has 4 heteroatoms. The first-order chi connectivity index (χ1) is 8.40. The van der Waals surface area contributed by atoms with Crippen LogP contribution in [0.2, 0.25) is 5.02 Å². The Hall–Kier alpha value is -0.670. The molecular weight excluding hydrogens is 266 g/mol. The van der Waals surface area contributed by atoms with Gasteiger partial charge in [-0.15, -0.1) is 12.6 Å². The third kappa shape index (κ3) is 4.91. The van der Waals surface area contributed by atoms with Gasteiger partial charge in [0.15, 0.2) is 0 Å². The molecule has 0 saturated heterocycles. The minimum atomic E-state index is -0.132. The predicted molar refractivity (Wildman–Crippen MR) is 79.7 cm³/mol. The normalized spacial score (nSPS) is 12.6. The Balaban J connectivity index is 2.62. The van der Waals surface area contributed by atoms with E-state index in [9.17, 15) is 4.79 Å². The van der Waals surface area contributed by atoms with Gasteiger partial charge in [0.2, 0.25) is 0 Å². The lowest BCUT2D eigenvalue weighted by atomic mass is 10.0. The zero-order chi connectivity index (χ0) is 13.7. The molecule has 1 rings (SSSR count). The summed E-state index contributed by atoms with van der Waals surface area (Å²) in [6.45, 7) is 6.37. The zero-order valence-corrected chi connectivity index (χ0v) is 12.7. The Bertz CT molecular complexity index is 420. The fourth-order valence-corrected chi connectivity index (χ4v) is 2.05. The lowest BCUT2D eigenvalue weighted by Gasteiger charge is -2.15. The molecule has 0 fully saturated rings. The molecular formula is C14H20ClNOS. The van der Waals surface area contributed by atoms with Crippen molar-refractivity contribution in [3.05, 3.63) is 28.8 Å². The standard InChI is InChI=1S/C14H20ClNOS/c1-9(2)4-5-10(3)16-14(17)12-8-11(18)6-7-13(12)15/h6-10,18H,4-5H2,1-3H3,(H,16,17). The molecule has 0 aliphatic rings. The second-order valence-corrected chi connectivity index (χ2v) is 5.93. The van der Waals surface area contributed by atoms with Crippen LogP contribution < -0.4 is 5.32 Å². The van der Waals surface area contributed by atoms with Gasteiger partial charge in [0.25, 0.3) is 5.91 Å². The number of benzene rings is 1. The maximum atomic E-state index is 12.0. The summed E-state index contributed by atoms with van der Waals surface area (Å²) in [5.41, 5.74) is 0.487. The molecule has 0 aromatic heterocycles. The summed E-state index contributed by atoms with van der Waals surface area (Å²) < 4.78 is 0. The van der Waals surface area contributed by atoms with Crippen molar-refractivity contribution in [2.75, 3.05) is 0 Å². The van der Waals surface area contributed by atoms with Crippen LogP contribution in [0.1, 0.15) is 44.0 Å². The van der Waals surface area contributed by atoms with Gasteiger partial charge in [-0.2, -0.15) is 0 Å². The SMILES string of the molecule is CC(C)CCC(C)NC(=O)c1cc(S)ccc1Cl. The van der Waals surface area contributed by atoms with E-state index in [1.165, 1.54) is 0 Å². The van der Waals surface area contributed by atoms with E-state index in [-0.39, 0.29) is 11.9 Å². The average molecular weight is 286 g/mol. The zero-order valence-electron chi connectivity index (χ0n) is 11.0. The molecule has 1 atom stereocenters. The number of carbonyl (C=O) groups is 1. The molecule has 1 amide bonds. The summed E-state index contributed by atoms with van der Waals surface area (Å²) in [7, 11) is 0. The number of nitrogens with one attached hydrogen (secondary N) is 1. The van der Waals surface area contributed by atoms with E-state index in [0.29, 0.717) is 16.5 Å². The number of thiol groups is 1. The van der Waals surface area contributed by atoms with Crippen molar-refractivity contribution in [1.29, 1.82) is 0 Å². The number of hydrogen-bond acceptors (Lipinski definition) is 2. The highest BCUT2D eigenvalue weighted by molar-refractivity contribution is 7.80. The van der Waals surface area contributed by atoms with Crippen LogP contribution in [0.3, 0.4) is 0 Å². The molecule has 1 aromatic carbocycles. The molecule has 18 heavy (non-hydrogen) atoms. The van der Waals surface area contributed by atoms with Gasteiger partial charge in [0.1, 0.15) is 0 Å². The van der Waals surface area contributed by atoms with Crippen molar-refractivity contribution >= 4 is 30.1 Å². The number of rotatable bonds is 5. The number of hydrogen-bond donors (Lipinski definition) is 2. The van der Waals surface area contributed by atoms with Crippen molar-refractivity contribution in [2.45, 2.75) is 44.6 Å². The third-order valence-corrected chi connectivity index (χ3v) is 3.36. The van der Waals surface area contributed by atoms with Gasteiger partial charge in [0, 0.05) is 10.9 Å². The second kappa shape index (κ2) is 7.05. The van der Waals surface area contributed by atoms with Crippen LogP contribution in [-0.2, 0) is 0 Å². The van der Waals surface area contributed by atoms with Crippen LogP contribution in [-0.4, -0.2) is 11.9 Å². The van der Waals surface area contributed by atoms with Crippen LogP contribution in [0.5, 0.6) is 0 Å². The Morgan fingerprint density at radius 3 is 2.61 bits per heavy atom. The number of halogens is 1. The summed E-state index contributed by atoms with van der Waals surface area (Å²) >= 11 is 10.2. The van der Waals surface area contributed by atoms with E-state index in [4.69, 9.17) is 11.6 Å². The highest BCUT2D eigenvalue weighted by Gasteiger charge is 2.13. The van der Waals surface area contributed by atoms with Crippen LogP contribution in [0, 0.1) is 5.92 Å². The van der Waals surface area contributed by atoms with Crippen molar-refractivity contribution in [3.63, 3.8) is 0 Å². The Labute approximate surface area is 120 Å². The number of carbonyl (C=O) groups excluding carboxylic acids is 1. The van der Waals surface area contributed by atoms with E-state index in [0.717, 1.165) is 17.7 Å². The van der Waals surface area contributed by atoms with Gasteiger partial charge >= 0.3 is 0 Å². The monoisotopic (exact) mass is 285 g/mol. The molecule has 0 heterocycles. The molecule has 100 valence electrons. The van der Waals surface area contributed by atoms with Crippen molar-refractivity contribution < 1.29 is 4.79 Å². The van der Waals surface area contributed by atoms with E-state index < -0.39 is 0 Å². The van der Waals surface area contributed by atoms with Gasteiger partial charge in [-0.05, 0) is 43.9 Å². The molecule has 0 aliphatic heterocycles. The fraction of sp³-hybridized carbons (Fsp3) is 0.500. The van der Waals surface area contributed by atoms with Gasteiger partial charge < -0.3 is 5.32 Å². The van der Waals surface area contributed by atoms with E-state index in [1.54, 1.807) is 18.2 Å². The smallest absolute Gasteiger partial charge is 0.253 e. The van der Waals surface area contributed by atoms with Crippen LogP contribution in [0.15, 0.2) is 23.1 Å². The fourth-order valence-electron chi connectivity index (χ4n) is 1.64. The summed E-state index contributed by atoms with van der Waals surface area (Å²) in [6.07, 6.45) is 2.07. The second-order valence-electron chi connectivity index (χ2n) is 5.01. The quantitative estimate of drug-likeness (QED) is 0.781. The highest BCUT2D eigenvalue weighted by atomic mass is 35.5. The average Bonchev–Trinajstić information content (AvgIpc) is 2.29. The summed E-state index contributed by atoms with van der Waals surface area (Å²) in [5.74, 6) is 0.515. The number of amides is 1. The van der Waals surface area contributed by atoms with Crippen molar-refractivity contribution in [2.24, 2.45) is 5.92 Å². The Morgan fingerprint density at radius 1 is 1.33 bits per heavy atom. The first-order valence-corrected chi connectivity index (χ1v) is 7.02. The topological polar surface area (TPSA) is 29.1 Å². The minimum Gasteiger partial charge on any atom is -0.350 e. The molecule has 0 aliphatic carbocycles. The molecule has 1 N–H and O–H groups in total. The molecule has 0 radical (unpaired) electrons. The van der Waals surface area contributed by atoms with Crippen LogP contribution in [0.25, 0.3) is 0 Å². The van der Waals surface area contributed by atoms with Gasteiger partial charge in [-0.1, -0.05) is 25.4 Å². The Kier molecular flexibility index (Phi) is 6.03. The predicted octanol–water partition coefficient (Wildman–Crippen LogP) is 4.18. The lowest BCUT2D eigenvalue weighted by molar-refractivity contribution is 0.0937. The first-order valence-electron chi connectivity index (χ1n) is 6.19. The minimum absolute atomic E-state index is 0.132. The summed E-state index contributed by atoms with van der Waals surface area (Å²) in [4.78, 5) is 12.8. The molecule has 1 unspecified atom stereocenters. The van der Waals surface area contributed by atoms with Crippen LogP contribution in [0.4, 0.5) is 0 Å². The summed E-state index contributed by atoms with van der Waals surface area (Å²) in [6, 6.07) is 5.30. The molecule has 0 saturated carbocycles.